The van der Waals surface area contributed by atoms with E-state index in [1.54, 1.807) is 0 Å². The predicted molar refractivity (Wildman–Crippen MR) is 90.2 cm³/mol. The Morgan fingerprint density at radius 3 is 2.73 bits per heavy atom. The normalized spacial score (nSPS) is 15.8. The van der Waals surface area contributed by atoms with Crippen molar-refractivity contribution in [1.82, 2.24) is 14.9 Å². The van der Waals surface area contributed by atoms with E-state index in [1.807, 2.05) is 12.3 Å². The molecule has 0 saturated carbocycles. The molecule has 1 aromatic carbocycles. The minimum atomic E-state index is 0.779. The van der Waals surface area contributed by atoms with E-state index in [-0.39, 0.29) is 0 Å². The van der Waals surface area contributed by atoms with Crippen LogP contribution in [0.2, 0.25) is 0 Å². The first-order chi connectivity index (χ1) is 10.7. The van der Waals surface area contributed by atoms with Gasteiger partial charge in [0.25, 0.3) is 0 Å². The number of nitrogens with one attached hydrogen (secondary N) is 1. The number of piperazine rings is 1. The molecule has 1 aromatic heterocycles. The number of rotatable bonds is 4. The van der Waals surface area contributed by atoms with Crippen molar-refractivity contribution in [3.63, 3.8) is 0 Å². The van der Waals surface area contributed by atoms with Crippen LogP contribution in [0.1, 0.15) is 11.1 Å². The van der Waals surface area contributed by atoms with Crippen LogP contribution in [0.15, 0.2) is 36.5 Å². The van der Waals surface area contributed by atoms with Crippen LogP contribution < -0.4 is 10.2 Å². The molecule has 0 bridgehead atoms. The number of aromatic nitrogens is 2. The zero-order valence-corrected chi connectivity index (χ0v) is 13.3. The van der Waals surface area contributed by atoms with Gasteiger partial charge in [-0.05, 0) is 25.6 Å². The van der Waals surface area contributed by atoms with Gasteiger partial charge in [-0.15, -0.1) is 0 Å². The van der Waals surface area contributed by atoms with E-state index in [0.717, 1.165) is 44.5 Å². The number of anilines is 2. The summed E-state index contributed by atoms with van der Waals surface area (Å²) in [5, 5.41) is 3.39. The molecular formula is C17H23N5. The third-order valence-electron chi connectivity index (χ3n) is 3.99. The van der Waals surface area contributed by atoms with Gasteiger partial charge in [0.1, 0.15) is 5.82 Å². The van der Waals surface area contributed by atoms with Crippen molar-refractivity contribution >= 4 is 11.8 Å². The highest BCUT2D eigenvalue weighted by Gasteiger charge is 2.16. The summed E-state index contributed by atoms with van der Waals surface area (Å²) in [6.45, 7) is 6.98. The van der Waals surface area contributed by atoms with Crippen molar-refractivity contribution in [2.75, 3.05) is 43.4 Å². The number of likely N-dealkylation sites (N-methyl/N-ethyl adjacent to an activating group) is 1. The van der Waals surface area contributed by atoms with Crippen LogP contribution in [-0.2, 0) is 6.54 Å². The Bertz CT molecular complexity index is 620. The molecule has 0 amide bonds. The summed E-state index contributed by atoms with van der Waals surface area (Å²) in [5.41, 5.74) is 2.54. The molecular weight excluding hydrogens is 274 g/mol. The van der Waals surface area contributed by atoms with E-state index < -0.39 is 0 Å². The first-order valence-corrected chi connectivity index (χ1v) is 7.77. The van der Waals surface area contributed by atoms with Crippen LogP contribution in [0.25, 0.3) is 0 Å². The van der Waals surface area contributed by atoms with Crippen LogP contribution in [-0.4, -0.2) is 48.1 Å². The van der Waals surface area contributed by atoms with E-state index >= 15 is 0 Å². The number of hydrogen-bond donors (Lipinski definition) is 1. The quantitative estimate of drug-likeness (QED) is 0.937. The second-order valence-corrected chi connectivity index (χ2v) is 5.87. The van der Waals surface area contributed by atoms with Gasteiger partial charge in [0, 0.05) is 38.9 Å². The smallest absolute Gasteiger partial charge is 0.227 e. The van der Waals surface area contributed by atoms with Crippen LogP contribution >= 0.6 is 0 Å². The van der Waals surface area contributed by atoms with Gasteiger partial charge in [0.05, 0.1) is 0 Å². The Labute approximate surface area is 132 Å². The monoisotopic (exact) mass is 297 g/mol. The zero-order valence-electron chi connectivity index (χ0n) is 13.3. The van der Waals surface area contributed by atoms with E-state index in [9.17, 15) is 0 Å². The van der Waals surface area contributed by atoms with Crippen molar-refractivity contribution in [3.8, 4) is 0 Å². The highest BCUT2D eigenvalue weighted by atomic mass is 15.3. The predicted octanol–water partition coefficient (Wildman–Crippen LogP) is 2.15. The zero-order chi connectivity index (χ0) is 15.4. The average Bonchev–Trinajstić information content (AvgIpc) is 2.54. The van der Waals surface area contributed by atoms with Gasteiger partial charge in [-0.3, -0.25) is 0 Å². The maximum absolute atomic E-state index is 4.64. The largest absolute Gasteiger partial charge is 0.366 e. The van der Waals surface area contributed by atoms with Crippen LogP contribution in [0.3, 0.4) is 0 Å². The van der Waals surface area contributed by atoms with E-state index in [4.69, 9.17) is 0 Å². The summed E-state index contributed by atoms with van der Waals surface area (Å²) in [5.74, 6) is 1.70. The van der Waals surface area contributed by atoms with Gasteiger partial charge in [0.2, 0.25) is 5.95 Å². The number of benzene rings is 1. The standard InChI is InChI=1S/C17H23N5/c1-14-4-3-5-15(12-14)13-19-16-6-7-18-17(20-16)22-10-8-21(2)9-11-22/h3-7,12H,8-11,13H2,1-2H3,(H,18,19,20). The molecule has 0 spiro atoms. The van der Waals surface area contributed by atoms with E-state index in [1.165, 1.54) is 11.1 Å². The maximum Gasteiger partial charge on any atom is 0.227 e. The first kappa shape index (κ1) is 14.8. The second-order valence-electron chi connectivity index (χ2n) is 5.87. The first-order valence-electron chi connectivity index (χ1n) is 7.77. The Balaban J connectivity index is 1.64. The molecule has 0 aliphatic carbocycles. The lowest BCUT2D eigenvalue weighted by molar-refractivity contribution is 0.311. The number of aryl methyl sites for hydroxylation is 1. The molecule has 1 fully saturated rings. The molecule has 22 heavy (non-hydrogen) atoms. The molecule has 1 aliphatic rings. The van der Waals surface area contributed by atoms with Gasteiger partial charge in [-0.1, -0.05) is 29.8 Å². The summed E-state index contributed by atoms with van der Waals surface area (Å²) in [6, 6.07) is 10.4. The minimum absolute atomic E-state index is 0.779. The van der Waals surface area contributed by atoms with E-state index in [0.29, 0.717) is 0 Å². The average molecular weight is 297 g/mol. The summed E-state index contributed by atoms with van der Waals surface area (Å²) in [7, 11) is 2.15. The highest BCUT2D eigenvalue weighted by Crippen LogP contribution is 2.14. The summed E-state index contributed by atoms with van der Waals surface area (Å²) in [4.78, 5) is 13.6. The number of nitrogens with zero attached hydrogens (tertiary/aromatic N) is 4. The van der Waals surface area contributed by atoms with Gasteiger partial charge < -0.3 is 15.1 Å². The summed E-state index contributed by atoms with van der Waals surface area (Å²) >= 11 is 0. The van der Waals surface area contributed by atoms with Gasteiger partial charge in [0.15, 0.2) is 0 Å². The molecule has 2 aromatic rings. The molecule has 116 valence electrons. The fourth-order valence-electron chi connectivity index (χ4n) is 2.62. The molecule has 1 saturated heterocycles. The van der Waals surface area contributed by atoms with Crippen LogP contribution in [0, 0.1) is 6.92 Å². The molecule has 0 unspecified atom stereocenters. The Kier molecular flexibility index (Phi) is 4.53. The fraction of sp³-hybridized carbons (Fsp3) is 0.412. The van der Waals surface area contributed by atoms with Crippen molar-refractivity contribution in [2.45, 2.75) is 13.5 Å². The van der Waals surface area contributed by atoms with Gasteiger partial charge in [-0.2, -0.15) is 4.98 Å². The van der Waals surface area contributed by atoms with Gasteiger partial charge in [-0.25, -0.2) is 4.98 Å². The molecule has 1 aliphatic heterocycles. The number of hydrogen-bond acceptors (Lipinski definition) is 5. The van der Waals surface area contributed by atoms with Crippen LogP contribution in [0.4, 0.5) is 11.8 Å². The van der Waals surface area contributed by atoms with Crippen molar-refractivity contribution in [1.29, 1.82) is 0 Å². The van der Waals surface area contributed by atoms with E-state index in [2.05, 4.69) is 63.3 Å². The van der Waals surface area contributed by atoms with Crippen LogP contribution in [0.5, 0.6) is 0 Å². The van der Waals surface area contributed by atoms with Crippen molar-refractivity contribution < 1.29 is 0 Å². The third-order valence-corrected chi connectivity index (χ3v) is 3.99. The lowest BCUT2D eigenvalue weighted by Crippen LogP contribution is -2.45. The third kappa shape index (κ3) is 3.74. The topological polar surface area (TPSA) is 44.3 Å². The molecule has 0 radical (unpaired) electrons. The molecule has 1 N–H and O–H groups in total. The maximum atomic E-state index is 4.64. The Morgan fingerprint density at radius 1 is 1.14 bits per heavy atom. The molecule has 5 nitrogen and oxygen atoms in total. The minimum Gasteiger partial charge on any atom is -0.366 e. The van der Waals surface area contributed by atoms with Crippen molar-refractivity contribution in [2.24, 2.45) is 0 Å². The van der Waals surface area contributed by atoms with Gasteiger partial charge >= 0.3 is 0 Å². The summed E-state index contributed by atoms with van der Waals surface area (Å²) in [6.07, 6.45) is 1.83. The highest BCUT2D eigenvalue weighted by molar-refractivity contribution is 5.42. The second kappa shape index (κ2) is 6.75. The lowest BCUT2D eigenvalue weighted by Gasteiger charge is -2.32. The Morgan fingerprint density at radius 2 is 1.95 bits per heavy atom. The molecule has 0 atom stereocenters. The van der Waals surface area contributed by atoms with Crippen molar-refractivity contribution in [3.05, 3.63) is 47.7 Å². The molecule has 2 heterocycles. The Hall–Kier alpha value is -2.14. The molecule has 5 heteroatoms. The summed E-state index contributed by atoms with van der Waals surface area (Å²) < 4.78 is 0. The molecule has 3 rings (SSSR count). The lowest BCUT2D eigenvalue weighted by atomic mass is 10.1. The fourth-order valence-corrected chi connectivity index (χ4v) is 2.62. The SMILES string of the molecule is Cc1cccc(CNc2ccnc(N3CCN(C)CC3)n2)c1.